The van der Waals surface area contributed by atoms with Crippen molar-refractivity contribution in [1.29, 1.82) is 0 Å². The highest BCUT2D eigenvalue weighted by atomic mass is 35.5. The predicted molar refractivity (Wildman–Crippen MR) is 92.1 cm³/mol. The lowest BCUT2D eigenvalue weighted by Gasteiger charge is -2.29. The monoisotopic (exact) mass is 425 g/mol. The number of aromatic nitrogens is 4. The Balaban J connectivity index is 1.99. The minimum atomic E-state index is -4.88. The Bertz CT molecular complexity index is 895. The molecule has 2 aromatic rings. The van der Waals surface area contributed by atoms with E-state index < -0.39 is 44.4 Å². The van der Waals surface area contributed by atoms with Gasteiger partial charge >= 0.3 is 7.82 Å². The number of ether oxygens (including phenoxy) is 1. The first-order valence-corrected chi connectivity index (χ1v) is 9.83. The third kappa shape index (κ3) is 3.66. The van der Waals surface area contributed by atoms with Crippen LogP contribution >= 0.6 is 19.4 Å². The largest absolute Gasteiger partial charge is 0.469 e. The highest BCUT2D eigenvalue weighted by molar-refractivity contribution is 7.46. The second-order valence-electron chi connectivity index (χ2n) is 6.05. The Hall–Kier alpha value is -1.40. The molecule has 1 fully saturated rings. The lowest BCUT2D eigenvalue weighted by atomic mass is 9.99. The SMILES string of the molecule is CNc1nc(C)nc2c1ncn2[C@@H]1O[C@](CCl)(COP(=O)(O)O)[C@@H](O)[C@H]1F. The number of hydrogen-bond donors (Lipinski definition) is 4. The van der Waals surface area contributed by atoms with Gasteiger partial charge in [0.1, 0.15) is 17.5 Å². The second-order valence-corrected chi connectivity index (χ2v) is 7.56. The molecule has 0 aliphatic carbocycles. The quantitative estimate of drug-likeness (QED) is 0.380. The minimum Gasteiger partial charge on any atom is -0.387 e. The molecule has 3 heterocycles. The smallest absolute Gasteiger partial charge is 0.387 e. The molecule has 0 bridgehead atoms. The van der Waals surface area contributed by atoms with Crippen LogP contribution in [0.1, 0.15) is 12.1 Å². The Kier molecular flexibility index (Phi) is 5.43. The van der Waals surface area contributed by atoms with E-state index in [0.717, 1.165) is 0 Å². The van der Waals surface area contributed by atoms with Gasteiger partial charge < -0.3 is 24.9 Å². The van der Waals surface area contributed by atoms with Gasteiger partial charge in [-0.2, -0.15) is 0 Å². The molecule has 1 aliphatic rings. The number of alkyl halides is 2. The molecular formula is C13H18ClFN5O6P. The average molecular weight is 426 g/mol. The molecule has 4 N–H and O–H groups in total. The summed E-state index contributed by atoms with van der Waals surface area (Å²) >= 11 is 5.83. The number of nitrogens with zero attached hydrogens (tertiary/aromatic N) is 4. The summed E-state index contributed by atoms with van der Waals surface area (Å²) in [5.41, 5.74) is -1.24. The van der Waals surface area contributed by atoms with E-state index in [-0.39, 0.29) is 5.65 Å². The first-order chi connectivity index (χ1) is 12.6. The maximum absolute atomic E-state index is 14.9. The van der Waals surface area contributed by atoms with Crippen LogP contribution < -0.4 is 5.32 Å². The van der Waals surface area contributed by atoms with Gasteiger partial charge in [0, 0.05) is 7.05 Å². The maximum Gasteiger partial charge on any atom is 0.469 e. The van der Waals surface area contributed by atoms with E-state index >= 15 is 0 Å². The van der Waals surface area contributed by atoms with Gasteiger partial charge in [-0.05, 0) is 6.92 Å². The molecule has 1 saturated heterocycles. The van der Waals surface area contributed by atoms with E-state index in [1.165, 1.54) is 10.9 Å². The highest BCUT2D eigenvalue weighted by Gasteiger charge is 2.56. The van der Waals surface area contributed by atoms with Gasteiger partial charge in [-0.25, -0.2) is 23.9 Å². The van der Waals surface area contributed by atoms with Gasteiger partial charge in [0.2, 0.25) is 0 Å². The first-order valence-electron chi connectivity index (χ1n) is 7.77. The summed E-state index contributed by atoms with van der Waals surface area (Å²) < 4.78 is 37.1. The Morgan fingerprint density at radius 3 is 2.81 bits per heavy atom. The van der Waals surface area contributed by atoms with E-state index in [0.29, 0.717) is 17.2 Å². The topological polar surface area (TPSA) is 152 Å². The number of halogens is 2. The van der Waals surface area contributed by atoms with Crippen LogP contribution in [0.5, 0.6) is 0 Å². The molecule has 0 saturated carbocycles. The van der Waals surface area contributed by atoms with Crippen molar-refractivity contribution in [3.05, 3.63) is 12.2 Å². The average Bonchev–Trinajstić information content (AvgIpc) is 3.13. The fourth-order valence-corrected chi connectivity index (χ4v) is 3.56. The van der Waals surface area contributed by atoms with Gasteiger partial charge in [-0.1, -0.05) is 0 Å². The highest BCUT2D eigenvalue weighted by Crippen LogP contribution is 2.45. The molecule has 4 atom stereocenters. The van der Waals surface area contributed by atoms with Crippen LogP contribution in [-0.2, 0) is 13.8 Å². The van der Waals surface area contributed by atoms with Crippen molar-refractivity contribution in [2.45, 2.75) is 31.0 Å². The van der Waals surface area contributed by atoms with Crippen LogP contribution in [0.15, 0.2) is 6.33 Å². The number of phosphoric ester groups is 1. The van der Waals surface area contributed by atoms with Crippen molar-refractivity contribution in [3.8, 4) is 0 Å². The third-order valence-electron chi connectivity index (χ3n) is 4.22. The standard InChI is InChI=1S/C13H18ClFN5O6P/c1-6-18-10(16-2)8-11(19-6)20(5-17-8)12-7(15)9(21)13(3-14,26-12)4-25-27(22,23)24/h5,7,9,12,21H,3-4H2,1-2H3,(H,16,18,19)(H2,22,23,24)/t7-,9+,12-,13-/m1/s1. The van der Waals surface area contributed by atoms with E-state index in [9.17, 15) is 14.1 Å². The molecule has 1 aliphatic heterocycles. The predicted octanol–water partition coefficient (Wildman–Crippen LogP) is 0.491. The summed E-state index contributed by atoms with van der Waals surface area (Å²) in [4.78, 5) is 30.4. The fourth-order valence-electron chi connectivity index (χ4n) is 2.88. The fraction of sp³-hybridized carbons (Fsp3) is 0.615. The van der Waals surface area contributed by atoms with Crippen molar-refractivity contribution in [2.24, 2.45) is 0 Å². The second kappa shape index (κ2) is 7.21. The number of rotatable bonds is 6. The lowest BCUT2D eigenvalue weighted by Crippen LogP contribution is -2.47. The summed E-state index contributed by atoms with van der Waals surface area (Å²) in [6, 6.07) is 0. The van der Waals surface area contributed by atoms with Crippen molar-refractivity contribution < 1.29 is 33.1 Å². The van der Waals surface area contributed by atoms with Crippen LogP contribution in [0.2, 0.25) is 0 Å². The molecule has 2 aromatic heterocycles. The van der Waals surface area contributed by atoms with Gasteiger partial charge in [-0.3, -0.25) is 9.09 Å². The molecule has 3 rings (SSSR count). The number of aliphatic hydroxyl groups excluding tert-OH is 1. The van der Waals surface area contributed by atoms with Crippen molar-refractivity contribution in [2.75, 3.05) is 24.9 Å². The number of phosphoric acid groups is 1. The summed E-state index contributed by atoms with van der Waals surface area (Å²) in [7, 11) is -3.23. The van der Waals surface area contributed by atoms with Gasteiger partial charge in [0.15, 0.2) is 29.4 Å². The Morgan fingerprint density at radius 1 is 1.52 bits per heavy atom. The molecule has 150 valence electrons. The van der Waals surface area contributed by atoms with Crippen molar-refractivity contribution in [1.82, 2.24) is 19.5 Å². The molecule has 11 nitrogen and oxygen atoms in total. The van der Waals surface area contributed by atoms with Crippen LogP contribution in [0.25, 0.3) is 11.2 Å². The zero-order valence-electron chi connectivity index (χ0n) is 14.3. The van der Waals surface area contributed by atoms with Gasteiger partial charge in [0.25, 0.3) is 0 Å². The van der Waals surface area contributed by atoms with E-state index in [4.69, 9.17) is 26.1 Å². The summed E-state index contributed by atoms with van der Waals surface area (Å²) in [5, 5.41) is 13.2. The number of nitrogens with one attached hydrogen (secondary N) is 1. The van der Waals surface area contributed by atoms with Crippen LogP contribution in [-0.4, -0.2) is 71.8 Å². The van der Waals surface area contributed by atoms with E-state index in [1.807, 2.05) is 0 Å². The molecule has 0 spiro atoms. The number of imidazole rings is 1. The molecule has 0 amide bonds. The van der Waals surface area contributed by atoms with Crippen LogP contribution in [0.4, 0.5) is 10.2 Å². The minimum absolute atomic E-state index is 0.257. The molecular weight excluding hydrogens is 408 g/mol. The Morgan fingerprint density at radius 2 is 2.22 bits per heavy atom. The zero-order chi connectivity index (χ0) is 20.0. The third-order valence-corrected chi connectivity index (χ3v) is 5.13. The summed E-state index contributed by atoms with van der Waals surface area (Å²) in [6.07, 6.45) is -3.88. The molecule has 0 aromatic carbocycles. The van der Waals surface area contributed by atoms with Crippen LogP contribution in [0, 0.1) is 6.92 Å². The lowest BCUT2D eigenvalue weighted by molar-refractivity contribution is -0.111. The maximum atomic E-state index is 14.9. The van der Waals surface area contributed by atoms with Crippen molar-refractivity contribution >= 4 is 36.4 Å². The van der Waals surface area contributed by atoms with Crippen molar-refractivity contribution in [3.63, 3.8) is 0 Å². The normalized spacial score (nSPS) is 28.8. The van der Waals surface area contributed by atoms with Gasteiger partial charge in [-0.15, -0.1) is 11.6 Å². The number of fused-ring (bicyclic) bond motifs is 1. The summed E-state index contributed by atoms with van der Waals surface area (Å²) in [5.74, 6) is 0.364. The first kappa shape index (κ1) is 20.3. The van der Waals surface area contributed by atoms with E-state index in [1.54, 1.807) is 14.0 Å². The molecule has 0 radical (unpaired) electrons. The van der Waals surface area contributed by atoms with Gasteiger partial charge in [0.05, 0.1) is 18.8 Å². The number of aliphatic hydroxyl groups is 1. The molecule has 27 heavy (non-hydrogen) atoms. The van der Waals surface area contributed by atoms with E-state index in [2.05, 4.69) is 24.8 Å². The molecule has 14 heteroatoms. The Labute approximate surface area is 157 Å². The zero-order valence-corrected chi connectivity index (χ0v) is 15.9. The van der Waals surface area contributed by atoms with Crippen LogP contribution in [0.3, 0.4) is 0 Å². The number of hydrogen-bond acceptors (Lipinski definition) is 8. The number of anilines is 1. The number of aryl methyl sites for hydroxylation is 1. The molecule has 0 unspecified atom stereocenters. The summed E-state index contributed by atoms with van der Waals surface area (Å²) in [6.45, 7) is 0.840.